The third-order valence-electron chi connectivity index (χ3n) is 7.67. The van der Waals surface area contributed by atoms with E-state index in [9.17, 15) is 28.2 Å². The van der Waals surface area contributed by atoms with Gasteiger partial charge in [-0.15, -0.1) is 0 Å². The topological polar surface area (TPSA) is 92.1 Å². The van der Waals surface area contributed by atoms with Gasteiger partial charge < -0.3 is 19.7 Å². The summed E-state index contributed by atoms with van der Waals surface area (Å²) in [5, 5.41) is 20.0. The molecule has 7 nitrogen and oxygen atoms in total. The smallest absolute Gasteiger partial charge is 0.303 e. The van der Waals surface area contributed by atoms with Crippen LogP contribution in [0.15, 0.2) is 36.5 Å². The number of halogens is 4. The number of carbonyl (C=O) groups is 1. The predicted octanol–water partition coefficient (Wildman–Crippen LogP) is 5.58. The van der Waals surface area contributed by atoms with Crippen molar-refractivity contribution in [1.82, 2.24) is 9.88 Å². The lowest BCUT2D eigenvalue weighted by molar-refractivity contribution is -0.141. The Balaban J connectivity index is 1.41. The lowest BCUT2D eigenvalue weighted by Crippen LogP contribution is -2.42. The normalized spacial score (nSPS) is 16.1. The first-order valence-corrected chi connectivity index (χ1v) is 13.1. The first-order chi connectivity index (χ1) is 19.1. The van der Waals surface area contributed by atoms with E-state index < -0.39 is 40.8 Å². The number of pyridine rings is 1. The molecule has 40 heavy (non-hydrogen) atoms. The van der Waals surface area contributed by atoms with Crippen LogP contribution < -0.4 is 9.47 Å². The minimum Gasteiger partial charge on any atom is -0.497 e. The van der Waals surface area contributed by atoms with Crippen molar-refractivity contribution < 1.29 is 42.0 Å². The van der Waals surface area contributed by atoms with Crippen molar-refractivity contribution in [2.24, 2.45) is 5.41 Å². The van der Waals surface area contributed by atoms with E-state index >= 15 is 4.39 Å². The monoisotopic (exact) mass is 564 g/mol. The number of piperidine rings is 1. The maximum absolute atomic E-state index is 15.9. The molecule has 1 aromatic heterocycles. The van der Waals surface area contributed by atoms with Crippen molar-refractivity contribution in [2.75, 3.05) is 33.4 Å². The van der Waals surface area contributed by atoms with Gasteiger partial charge in [0.15, 0.2) is 17.4 Å². The van der Waals surface area contributed by atoms with Gasteiger partial charge in [0.25, 0.3) is 0 Å². The van der Waals surface area contributed by atoms with Crippen LogP contribution in [0.4, 0.5) is 17.6 Å². The van der Waals surface area contributed by atoms with Gasteiger partial charge in [-0.25, -0.2) is 17.6 Å². The number of carboxylic acid groups (broad SMARTS) is 1. The third-order valence-corrected chi connectivity index (χ3v) is 7.67. The number of rotatable bonds is 12. The summed E-state index contributed by atoms with van der Waals surface area (Å²) in [5.41, 5.74) is 0.616. The molecule has 0 aliphatic carbocycles. The summed E-state index contributed by atoms with van der Waals surface area (Å²) in [6.07, 6.45) is 1.23. The molecule has 0 saturated carbocycles. The number of hydrogen-bond acceptors (Lipinski definition) is 6. The second kappa shape index (κ2) is 12.8. The predicted molar refractivity (Wildman–Crippen MR) is 139 cm³/mol. The fraction of sp³-hybridized carbons (Fsp3) is 0.448. The maximum Gasteiger partial charge on any atom is 0.303 e. The fourth-order valence-electron chi connectivity index (χ4n) is 5.46. The highest BCUT2D eigenvalue weighted by Crippen LogP contribution is 2.43. The Morgan fingerprint density at radius 3 is 2.48 bits per heavy atom. The molecule has 1 atom stereocenters. The quantitative estimate of drug-likeness (QED) is 0.278. The number of alkyl halides is 1. The van der Waals surface area contributed by atoms with E-state index in [1.165, 1.54) is 13.3 Å². The van der Waals surface area contributed by atoms with Crippen LogP contribution in [0.5, 0.6) is 11.5 Å². The summed E-state index contributed by atoms with van der Waals surface area (Å²) in [6.45, 7) is 0.897. The molecule has 0 amide bonds. The lowest BCUT2D eigenvalue weighted by atomic mass is 9.71. The minimum absolute atomic E-state index is 0.0412. The largest absolute Gasteiger partial charge is 0.497 e. The molecule has 1 aliphatic heterocycles. The molecule has 11 heteroatoms. The molecule has 216 valence electrons. The third kappa shape index (κ3) is 6.82. The maximum atomic E-state index is 15.9. The zero-order valence-electron chi connectivity index (χ0n) is 22.1. The van der Waals surface area contributed by atoms with Crippen LogP contribution in [0.25, 0.3) is 10.9 Å². The highest BCUT2D eigenvalue weighted by atomic mass is 19.1. The van der Waals surface area contributed by atoms with Gasteiger partial charge in [0.2, 0.25) is 0 Å². The van der Waals surface area contributed by atoms with Crippen molar-refractivity contribution in [3.05, 3.63) is 65.1 Å². The van der Waals surface area contributed by atoms with Gasteiger partial charge in [0, 0.05) is 41.4 Å². The van der Waals surface area contributed by atoms with E-state index in [2.05, 4.69) is 4.98 Å². The standard InChI is InChI=1S/C29H32F4N2O5/c1-39-20-2-3-25-21(14-20)27(18(17-36)16-34-25)22(31)4-5-29(15-26(37)38)6-8-35(9-7-29)10-11-40-28-23(32)12-19(30)13-24(28)33/h2-3,12-14,16,22,36H,4-11,15,17H2,1H3,(H,37,38)/t22-/m1/s1. The van der Waals surface area contributed by atoms with E-state index in [1.807, 2.05) is 4.90 Å². The number of methoxy groups -OCH3 is 1. The van der Waals surface area contributed by atoms with Crippen molar-refractivity contribution in [2.45, 2.75) is 44.9 Å². The Bertz CT molecular complexity index is 1320. The number of fused-ring (bicyclic) bond motifs is 1. The van der Waals surface area contributed by atoms with E-state index in [1.54, 1.807) is 18.2 Å². The van der Waals surface area contributed by atoms with Crippen molar-refractivity contribution in [1.29, 1.82) is 0 Å². The van der Waals surface area contributed by atoms with Gasteiger partial charge in [-0.3, -0.25) is 14.7 Å². The molecular formula is C29H32F4N2O5. The highest BCUT2D eigenvalue weighted by molar-refractivity contribution is 5.85. The molecule has 4 rings (SSSR count). The molecule has 0 spiro atoms. The first kappa shape index (κ1) is 29.5. The number of nitrogens with zero attached hydrogens (tertiary/aromatic N) is 2. The SMILES string of the molecule is COc1ccc2ncc(CO)c([C@H](F)CCC3(CC(=O)O)CCN(CCOc4c(F)cc(F)cc4F)CC3)c2c1. The molecule has 1 aliphatic rings. The number of ether oxygens (including phenoxy) is 2. The van der Waals surface area contributed by atoms with E-state index in [0.717, 1.165) is 0 Å². The summed E-state index contributed by atoms with van der Waals surface area (Å²) in [5.74, 6) is -4.36. The van der Waals surface area contributed by atoms with E-state index in [0.29, 0.717) is 78.8 Å². The Labute approximate surface area is 229 Å². The van der Waals surface area contributed by atoms with Crippen LogP contribution in [0.2, 0.25) is 0 Å². The number of aliphatic hydroxyl groups excluding tert-OH is 1. The zero-order chi connectivity index (χ0) is 28.9. The minimum atomic E-state index is -1.46. The van der Waals surface area contributed by atoms with E-state index in [4.69, 9.17) is 9.47 Å². The van der Waals surface area contributed by atoms with E-state index in [-0.39, 0.29) is 26.1 Å². The molecule has 3 aromatic rings. The Kier molecular flexibility index (Phi) is 9.47. The van der Waals surface area contributed by atoms with Crippen LogP contribution >= 0.6 is 0 Å². The summed E-state index contributed by atoms with van der Waals surface area (Å²) in [4.78, 5) is 18.0. The van der Waals surface area contributed by atoms with Gasteiger partial charge in [0.05, 0.1) is 25.7 Å². The molecule has 0 unspecified atom stereocenters. The number of aromatic nitrogens is 1. The summed E-state index contributed by atoms with van der Waals surface area (Å²) in [6, 6.07) is 6.22. The first-order valence-electron chi connectivity index (χ1n) is 13.1. The molecule has 2 heterocycles. The average molecular weight is 565 g/mol. The molecule has 2 aromatic carbocycles. The number of benzene rings is 2. The van der Waals surface area contributed by atoms with Gasteiger partial charge >= 0.3 is 5.97 Å². The molecular weight excluding hydrogens is 532 g/mol. The lowest BCUT2D eigenvalue weighted by Gasteiger charge is -2.41. The van der Waals surface area contributed by atoms with Gasteiger partial charge in [-0.1, -0.05) is 0 Å². The number of aliphatic hydroxyl groups is 1. The fourth-order valence-corrected chi connectivity index (χ4v) is 5.46. The molecule has 0 bridgehead atoms. The molecule has 0 radical (unpaired) electrons. The van der Waals surface area contributed by atoms with Crippen LogP contribution in [0.3, 0.4) is 0 Å². The number of carboxylic acids is 1. The van der Waals surface area contributed by atoms with Gasteiger partial charge in [-0.2, -0.15) is 0 Å². The van der Waals surface area contributed by atoms with Crippen molar-refractivity contribution in [3.63, 3.8) is 0 Å². The van der Waals surface area contributed by atoms with Crippen molar-refractivity contribution >= 4 is 16.9 Å². The number of hydrogen-bond donors (Lipinski definition) is 2. The summed E-state index contributed by atoms with van der Waals surface area (Å²) in [7, 11) is 1.50. The highest BCUT2D eigenvalue weighted by Gasteiger charge is 2.37. The Hall–Kier alpha value is -3.44. The average Bonchev–Trinajstić information content (AvgIpc) is 2.92. The van der Waals surface area contributed by atoms with Gasteiger partial charge in [-0.05, 0) is 62.4 Å². The second-order valence-electron chi connectivity index (χ2n) is 10.2. The molecule has 1 fully saturated rings. The second-order valence-corrected chi connectivity index (χ2v) is 10.2. The summed E-state index contributed by atoms with van der Waals surface area (Å²) >= 11 is 0. The Morgan fingerprint density at radius 2 is 1.85 bits per heavy atom. The van der Waals surface area contributed by atoms with Crippen LogP contribution in [-0.4, -0.2) is 59.4 Å². The zero-order valence-corrected chi connectivity index (χ0v) is 22.1. The van der Waals surface area contributed by atoms with Crippen LogP contribution in [0.1, 0.15) is 49.4 Å². The summed E-state index contributed by atoms with van der Waals surface area (Å²) < 4.78 is 67.1. The molecule has 1 saturated heterocycles. The number of aliphatic carboxylic acids is 1. The van der Waals surface area contributed by atoms with Crippen LogP contribution in [0, 0.1) is 22.9 Å². The van der Waals surface area contributed by atoms with Crippen molar-refractivity contribution in [3.8, 4) is 11.5 Å². The van der Waals surface area contributed by atoms with Gasteiger partial charge in [0.1, 0.15) is 24.3 Å². The number of likely N-dealkylation sites (tertiary alicyclic amines) is 1. The van der Waals surface area contributed by atoms with Crippen LogP contribution in [-0.2, 0) is 11.4 Å². The molecule has 2 N–H and O–H groups in total. The Morgan fingerprint density at radius 1 is 1.15 bits per heavy atom.